The van der Waals surface area contributed by atoms with Crippen molar-refractivity contribution >= 4 is 34.6 Å². The summed E-state index contributed by atoms with van der Waals surface area (Å²) in [6.45, 7) is 1.31. The smallest absolute Gasteiger partial charge is 0.277 e. The molecular formula is C21H23N7O10. The van der Waals surface area contributed by atoms with E-state index in [0.29, 0.717) is 43.1 Å². The third-order valence-electron chi connectivity index (χ3n) is 5.18. The molecular weight excluding hydrogens is 510 g/mol. The molecule has 3 N–H and O–H groups in total. The SMILES string of the molecule is NCCCNCCCCN(C(=O)c1cc([N+](=O)[O-])cc([N+](=O)[O-])c1)C(=O)c1cc([N+](=O)[O-])cc([N+](=O)[O-])c1. The van der Waals surface area contributed by atoms with Crippen LogP contribution in [0.2, 0.25) is 0 Å². The number of rotatable bonds is 14. The van der Waals surface area contributed by atoms with Crippen LogP contribution in [0.5, 0.6) is 0 Å². The first-order chi connectivity index (χ1) is 18.0. The van der Waals surface area contributed by atoms with Gasteiger partial charge < -0.3 is 11.1 Å². The second-order valence-electron chi connectivity index (χ2n) is 7.87. The Bertz CT molecular complexity index is 1110. The van der Waals surface area contributed by atoms with Crippen molar-refractivity contribution < 1.29 is 29.3 Å². The van der Waals surface area contributed by atoms with Crippen LogP contribution in [-0.4, -0.2) is 62.6 Å². The predicted molar refractivity (Wildman–Crippen MR) is 131 cm³/mol. The highest BCUT2D eigenvalue weighted by atomic mass is 16.6. The van der Waals surface area contributed by atoms with E-state index in [4.69, 9.17) is 5.73 Å². The first-order valence-corrected chi connectivity index (χ1v) is 11.1. The van der Waals surface area contributed by atoms with Gasteiger partial charge in [0.05, 0.1) is 43.0 Å². The van der Waals surface area contributed by atoms with Crippen LogP contribution in [0.3, 0.4) is 0 Å². The second kappa shape index (κ2) is 13.4. The number of nitro benzene ring substituents is 4. The van der Waals surface area contributed by atoms with Crippen molar-refractivity contribution in [1.29, 1.82) is 0 Å². The topological polar surface area (TPSA) is 248 Å². The average molecular weight is 533 g/mol. The van der Waals surface area contributed by atoms with Crippen molar-refractivity contribution in [2.75, 3.05) is 26.2 Å². The van der Waals surface area contributed by atoms with Gasteiger partial charge in [0.1, 0.15) is 0 Å². The Morgan fingerprint density at radius 1 is 0.658 bits per heavy atom. The minimum atomic E-state index is -1.16. The van der Waals surface area contributed by atoms with Crippen molar-refractivity contribution in [3.05, 3.63) is 88.0 Å². The van der Waals surface area contributed by atoms with Gasteiger partial charge in [0.15, 0.2) is 0 Å². The van der Waals surface area contributed by atoms with Crippen LogP contribution < -0.4 is 11.1 Å². The number of nitrogens with zero attached hydrogens (tertiary/aromatic N) is 5. The van der Waals surface area contributed by atoms with Crippen LogP contribution in [0.1, 0.15) is 40.0 Å². The lowest BCUT2D eigenvalue weighted by atomic mass is 10.1. The molecule has 2 amide bonds. The van der Waals surface area contributed by atoms with E-state index in [1.54, 1.807) is 0 Å². The van der Waals surface area contributed by atoms with Crippen molar-refractivity contribution in [3.63, 3.8) is 0 Å². The summed E-state index contributed by atoms with van der Waals surface area (Å²) in [4.78, 5) is 68.4. The maximum Gasteiger partial charge on any atom is 0.277 e. The molecule has 0 spiro atoms. The largest absolute Gasteiger partial charge is 0.330 e. The Balaban J connectivity index is 2.48. The van der Waals surface area contributed by atoms with Gasteiger partial charge in [-0.05, 0) is 38.9 Å². The molecule has 0 atom stereocenters. The maximum atomic E-state index is 13.3. The number of non-ortho nitro benzene ring substituents is 4. The molecule has 0 aliphatic rings. The van der Waals surface area contributed by atoms with Crippen LogP contribution in [0, 0.1) is 40.5 Å². The summed E-state index contributed by atoms with van der Waals surface area (Å²) in [7, 11) is 0. The monoisotopic (exact) mass is 533 g/mol. The van der Waals surface area contributed by atoms with Crippen molar-refractivity contribution in [1.82, 2.24) is 10.2 Å². The normalized spacial score (nSPS) is 10.6. The summed E-state index contributed by atoms with van der Waals surface area (Å²) >= 11 is 0. The third kappa shape index (κ3) is 7.80. The molecule has 0 unspecified atom stereocenters. The Hall–Kier alpha value is -4.90. The zero-order valence-corrected chi connectivity index (χ0v) is 19.8. The Kier molecular flexibility index (Phi) is 10.4. The number of nitrogens with one attached hydrogen (secondary N) is 1. The van der Waals surface area contributed by atoms with Crippen LogP contribution in [0.4, 0.5) is 22.7 Å². The van der Waals surface area contributed by atoms with E-state index in [2.05, 4.69) is 5.32 Å². The molecule has 0 radical (unpaired) electrons. The van der Waals surface area contributed by atoms with Crippen LogP contribution >= 0.6 is 0 Å². The van der Waals surface area contributed by atoms with Crippen molar-refractivity contribution in [3.8, 4) is 0 Å². The molecule has 0 aromatic heterocycles. The van der Waals surface area contributed by atoms with E-state index < -0.39 is 65.4 Å². The molecule has 0 fully saturated rings. The lowest BCUT2D eigenvalue weighted by Crippen LogP contribution is -2.38. The van der Waals surface area contributed by atoms with E-state index in [0.717, 1.165) is 30.7 Å². The van der Waals surface area contributed by atoms with Gasteiger partial charge in [-0.25, -0.2) is 0 Å². The van der Waals surface area contributed by atoms with Crippen LogP contribution in [0.15, 0.2) is 36.4 Å². The average Bonchev–Trinajstić information content (AvgIpc) is 2.88. The number of nitro groups is 4. The molecule has 0 saturated carbocycles. The van der Waals surface area contributed by atoms with E-state index in [1.165, 1.54) is 0 Å². The zero-order chi connectivity index (χ0) is 28.4. The summed E-state index contributed by atoms with van der Waals surface area (Å²) in [5.74, 6) is -2.32. The number of nitrogens with two attached hydrogens (primary N) is 1. The Morgan fingerprint density at radius 2 is 1.03 bits per heavy atom. The van der Waals surface area contributed by atoms with E-state index in [-0.39, 0.29) is 13.0 Å². The van der Waals surface area contributed by atoms with E-state index in [1.807, 2.05) is 0 Å². The lowest BCUT2D eigenvalue weighted by molar-refractivity contribution is -0.394. The summed E-state index contributed by atoms with van der Waals surface area (Å²) < 4.78 is 0. The van der Waals surface area contributed by atoms with Crippen LogP contribution in [-0.2, 0) is 0 Å². The minimum absolute atomic E-state index is 0.209. The summed E-state index contributed by atoms with van der Waals surface area (Å²) in [5.41, 5.74) is 1.21. The molecule has 17 nitrogen and oxygen atoms in total. The number of benzene rings is 2. The van der Waals surface area contributed by atoms with E-state index >= 15 is 0 Å². The quantitative estimate of drug-likeness (QED) is 0.154. The van der Waals surface area contributed by atoms with Crippen molar-refractivity contribution in [2.45, 2.75) is 19.3 Å². The zero-order valence-electron chi connectivity index (χ0n) is 19.8. The van der Waals surface area contributed by atoms with Crippen molar-refractivity contribution in [2.24, 2.45) is 5.73 Å². The first-order valence-electron chi connectivity index (χ1n) is 11.1. The summed E-state index contributed by atoms with van der Waals surface area (Å²) in [6, 6.07) is 4.28. The molecule has 0 aliphatic heterocycles. The highest BCUT2D eigenvalue weighted by Crippen LogP contribution is 2.27. The molecule has 2 rings (SSSR count). The van der Waals surface area contributed by atoms with Gasteiger partial charge in [-0.15, -0.1) is 0 Å². The van der Waals surface area contributed by atoms with Gasteiger partial charge >= 0.3 is 0 Å². The fourth-order valence-corrected chi connectivity index (χ4v) is 3.34. The highest BCUT2D eigenvalue weighted by Gasteiger charge is 2.30. The molecule has 0 aliphatic carbocycles. The van der Waals surface area contributed by atoms with Gasteiger partial charge in [0.25, 0.3) is 34.6 Å². The Labute approximate surface area is 213 Å². The number of hydrogen-bond donors (Lipinski definition) is 2. The standard InChI is InChI=1S/C21H23N7O10/c22-4-3-6-23-5-1-2-7-24(20(29)14-8-16(25(31)32)12-17(9-14)26(33)34)21(30)15-10-18(27(35)36)13-19(11-15)28(37)38/h8-13,23H,1-7,22H2. The molecule has 2 aromatic rings. The molecule has 38 heavy (non-hydrogen) atoms. The minimum Gasteiger partial charge on any atom is -0.330 e. The fraction of sp³-hybridized carbons (Fsp3) is 0.333. The number of unbranched alkanes of at least 4 members (excludes halogenated alkanes) is 1. The van der Waals surface area contributed by atoms with Crippen LogP contribution in [0.25, 0.3) is 0 Å². The van der Waals surface area contributed by atoms with E-state index in [9.17, 15) is 50.0 Å². The molecule has 202 valence electrons. The third-order valence-corrected chi connectivity index (χ3v) is 5.18. The molecule has 0 heterocycles. The summed E-state index contributed by atoms with van der Waals surface area (Å²) in [5, 5.41) is 48.1. The summed E-state index contributed by atoms with van der Waals surface area (Å²) in [6.07, 6.45) is 1.38. The maximum absolute atomic E-state index is 13.3. The number of imide groups is 1. The van der Waals surface area contributed by atoms with Gasteiger partial charge in [-0.1, -0.05) is 0 Å². The molecule has 0 bridgehead atoms. The lowest BCUT2D eigenvalue weighted by Gasteiger charge is -2.21. The molecule has 17 heteroatoms. The molecule has 0 saturated heterocycles. The highest BCUT2D eigenvalue weighted by molar-refractivity contribution is 6.11. The molecule has 2 aromatic carbocycles. The number of carbonyl (C=O) groups excluding carboxylic acids is 2. The van der Waals surface area contributed by atoms with Gasteiger partial charge in [0, 0.05) is 30.8 Å². The van der Waals surface area contributed by atoms with Gasteiger partial charge in [-0.2, -0.15) is 0 Å². The Morgan fingerprint density at radius 3 is 1.37 bits per heavy atom. The van der Waals surface area contributed by atoms with Gasteiger partial charge in [-0.3, -0.25) is 54.9 Å². The predicted octanol–water partition coefficient (Wildman–Crippen LogP) is 2.32. The number of carbonyl (C=O) groups is 2. The number of hydrogen-bond acceptors (Lipinski definition) is 12. The second-order valence-corrected chi connectivity index (χ2v) is 7.87. The first kappa shape index (κ1) is 29.3. The fourth-order valence-electron chi connectivity index (χ4n) is 3.34. The number of amides is 2. The van der Waals surface area contributed by atoms with Gasteiger partial charge in [0.2, 0.25) is 0 Å².